The zero-order chi connectivity index (χ0) is 17.5. The molecule has 1 saturated heterocycles. The normalized spacial score (nSPS) is 18.3. The lowest BCUT2D eigenvalue weighted by Crippen LogP contribution is -2.37. The van der Waals surface area contributed by atoms with E-state index in [0.29, 0.717) is 6.54 Å². The number of anilines is 1. The number of carboxylic acid groups (broad SMARTS) is 1. The Hall–Kier alpha value is -1.63. The van der Waals surface area contributed by atoms with Gasteiger partial charge in [0.05, 0.1) is 13.1 Å². The maximum atomic E-state index is 12.2. The summed E-state index contributed by atoms with van der Waals surface area (Å²) in [4.78, 5) is 27.1. The Labute approximate surface area is 155 Å². The largest absolute Gasteiger partial charge is 0.480 e. The summed E-state index contributed by atoms with van der Waals surface area (Å²) in [5.74, 6) is -0.799. The number of carboxylic acids is 1. The lowest BCUT2D eigenvalue weighted by Gasteiger charge is -2.25. The van der Waals surface area contributed by atoms with Crippen LogP contribution in [-0.2, 0) is 9.59 Å². The molecule has 1 unspecified atom stereocenters. The van der Waals surface area contributed by atoms with Gasteiger partial charge in [0.1, 0.15) is 0 Å². The molecule has 0 radical (unpaired) electrons. The van der Waals surface area contributed by atoms with E-state index in [1.165, 1.54) is 0 Å². The smallest absolute Gasteiger partial charge is 0.317 e. The Bertz CT molecular complexity index is 565. The van der Waals surface area contributed by atoms with Gasteiger partial charge < -0.3 is 10.4 Å². The lowest BCUT2D eigenvalue weighted by atomic mass is 10.1. The standard InChI is InChI=1S/C18H27N3O3.ClH/c1-14-5-7-15(8-6-14)19-17(22)12-21-10-3-4-16(9-11-21)20(2)13-18(23)24;/h5-8,16H,3-4,9-13H2,1-2H3,(H,19,22)(H,23,24);1H. The maximum absolute atomic E-state index is 12.2. The average molecular weight is 370 g/mol. The highest BCUT2D eigenvalue weighted by atomic mass is 35.5. The average Bonchev–Trinajstić information content (AvgIpc) is 2.74. The van der Waals surface area contributed by atoms with Crippen molar-refractivity contribution in [3.05, 3.63) is 29.8 Å². The van der Waals surface area contributed by atoms with Crippen LogP contribution in [0, 0.1) is 6.92 Å². The van der Waals surface area contributed by atoms with Gasteiger partial charge in [-0.25, -0.2) is 0 Å². The van der Waals surface area contributed by atoms with Crippen LogP contribution in [0.3, 0.4) is 0 Å². The highest BCUT2D eigenvalue weighted by molar-refractivity contribution is 5.92. The van der Waals surface area contributed by atoms with Gasteiger partial charge in [-0.1, -0.05) is 17.7 Å². The van der Waals surface area contributed by atoms with E-state index in [0.717, 1.165) is 43.6 Å². The number of carbonyl (C=O) groups excluding carboxylic acids is 1. The monoisotopic (exact) mass is 369 g/mol. The molecule has 7 heteroatoms. The molecule has 1 aliphatic rings. The number of likely N-dealkylation sites (N-methyl/N-ethyl adjacent to an activating group) is 1. The summed E-state index contributed by atoms with van der Waals surface area (Å²) in [6.07, 6.45) is 2.84. The number of nitrogens with zero attached hydrogens (tertiary/aromatic N) is 2. The first-order valence-corrected chi connectivity index (χ1v) is 8.45. The lowest BCUT2D eigenvalue weighted by molar-refractivity contribution is -0.138. The summed E-state index contributed by atoms with van der Waals surface area (Å²) in [6.45, 7) is 4.15. The molecule has 0 aliphatic carbocycles. The number of hydrogen-bond donors (Lipinski definition) is 2. The molecular formula is C18H28ClN3O3. The van der Waals surface area contributed by atoms with E-state index in [9.17, 15) is 9.59 Å². The predicted molar refractivity (Wildman–Crippen MR) is 101 cm³/mol. The van der Waals surface area contributed by atoms with Gasteiger partial charge in [0.15, 0.2) is 0 Å². The van der Waals surface area contributed by atoms with Crippen molar-refractivity contribution in [2.75, 3.05) is 38.5 Å². The van der Waals surface area contributed by atoms with Gasteiger partial charge in [0, 0.05) is 18.3 Å². The van der Waals surface area contributed by atoms with Gasteiger partial charge in [0.25, 0.3) is 0 Å². The topological polar surface area (TPSA) is 72.9 Å². The highest BCUT2D eigenvalue weighted by Crippen LogP contribution is 2.16. The number of nitrogens with one attached hydrogen (secondary N) is 1. The van der Waals surface area contributed by atoms with Crippen LogP contribution in [0.5, 0.6) is 0 Å². The number of aryl methyl sites for hydroxylation is 1. The summed E-state index contributed by atoms with van der Waals surface area (Å²) < 4.78 is 0. The van der Waals surface area contributed by atoms with E-state index in [4.69, 9.17) is 5.11 Å². The fraction of sp³-hybridized carbons (Fsp3) is 0.556. The zero-order valence-corrected chi connectivity index (χ0v) is 15.7. The Balaban J connectivity index is 0.00000312. The molecule has 2 rings (SSSR count). The molecule has 1 aromatic carbocycles. The number of amides is 1. The van der Waals surface area contributed by atoms with Crippen molar-refractivity contribution < 1.29 is 14.7 Å². The molecule has 0 bridgehead atoms. The molecular weight excluding hydrogens is 342 g/mol. The van der Waals surface area contributed by atoms with Gasteiger partial charge in [-0.3, -0.25) is 19.4 Å². The first-order chi connectivity index (χ1) is 11.4. The zero-order valence-electron chi connectivity index (χ0n) is 14.9. The minimum Gasteiger partial charge on any atom is -0.480 e. The van der Waals surface area contributed by atoms with Crippen LogP contribution < -0.4 is 5.32 Å². The molecule has 140 valence electrons. The van der Waals surface area contributed by atoms with Gasteiger partial charge >= 0.3 is 5.97 Å². The van der Waals surface area contributed by atoms with Crippen molar-refractivity contribution in [1.82, 2.24) is 9.80 Å². The van der Waals surface area contributed by atoms with Crippen LogP contribution in [0.15, 0.2) is 24.3 Å². The van der Waals surface area contributed by atoms with Crippen LogP contribution in [0.4, 0.5) is 5.69 Å². The van der Waals surface area contributed by atoms with Crippen molar-refractivity contribution >= 4 is 30.0 Å². The number of likely N-dealkylation sites (tertiary alicyclic amines) is 1. The van der Waals surface area contributed by atoms with Gasteiger partial charge in [-0.2, -0.15) is 0 Å². The van der Waals surface area contributed by atoms with Crippen LogP contribution in [0.1, 0.15) is 24.8 Å². The summed E-state index contributed by atoms with van der Waals surface area (Å²) >= 11 is 0. The Morgan fingerprint density at radius 1 is 1.24 bits per heavy atom. The summed E-state index contributed by atoms with van der Waals surface area (Å²) in [5.41, 5.74) is 1.98. The molecule has 0 saturated carbocycles. The first-order valence-electron chi connectivity index (χ1n) is 8.45. The van der Waals surface area contributed by atoms with E-state index in [-0.39, 0.29) is 30.9 Å². The second kappa shape index (κ2) is 10.4. The van der Waals surface area contributed by atoms with Crippen molar-refractivity contribution in [3.63, 3.8) is 0 Å². The fourth-order valence-electron chi connectivity index (χ4n) is 3.12. The van der Waals surface area contributed by atoms with Crippen molar-refractivity contribution in [1.29, 1.82) is 0 Å². The second-order valence-electron chi connectivity index (χ2n) is 6.58. The fourth-order valence-corrected chi connectivity index (χ4v) is 3.12. The molecule has 1 heterocycles. The summed E-state index contributed by atoms with van der Waals surface area (Å²) in [5, 5.41) is 11.8. The Morgan fingerprint density at radius 3 is 2.56 bits per heavy atom. The van der Waals surface area contributed by atoms with Crippen molar-refractivity contribution in [3.8, 4) is 0 Å². The molecule has 1 aliphatic heterocycles. The molecule has 1 aromatic rings. The summed E-state index contributed by atoms with van der Waals surface area (Å²) in [6, 6.07) is 8.04. The van der Waals surface area contributed by atoms with E-state index in [1.54, 1.807) is 0 Å². The van der Waals surface area contributed by atoms with E-state index in [1.807, 2.05) is 43.1 Å². The number of hydrogen-bond acceptors (Lipinski definition) is 4. The van der Waals surface area contributed by atoms with Crippen LogP contribution >= 0.6 is 12.4 Å². The van der Waals surface area contributed by atoms with E-state index in [2.05, 4.69) is 10.2 Å². The van der Waals surface area contributed by atoms with Crippen LogP contribution in [0.2, 0.25) is 0 Å². The number of rotatable bonds is 6. The number of halogens is 1. The first kappa shape index (κ1) is 21.4. The van der Waals surface area contributed by atoms with Crippen LogP contribution in [0.25, 0.3) is 0 Å². The third-order valence-corrected chi connectivity index (χ3v) is 4.50. The molecule has 6 nitrogen and oxygen atoms in total. The van der Waals surface area contributed by atoms with E-state index >= 15 is 0 Å². The molecule has 1 fully saturated rings. The molecule has 25 heavy (non-hydrogen) atoms. The van der Waals surface area contributed by atoms with Gasteiger partial charge in [-0.05, 0) is 51.9 Å². The SMILES string of the molecule is Cc1ccc(NC(=O)CN2CCCC(N(C)CC(=O)O)CC2)cc1.Cl. The number of carbonyl (C=O) groups is 2. The molecule has 1 amide bonds. The highest BCUT2D eigenvalue weighted by Gasteiger charge is 2.22. The van der Waals surface area contributed by atoms with Crippen LogP contribution in [-0.4, -0.2) is 66.1 Å². The Kier molecular flexibility index (Phi) is 8.89. The quantitative estimate of drug-likeness (QED) is 0.804. The van der Waals surface area contributed by atoms with Crippen molar-refractivity contribution in [2.45, 2.75) is 32.2 Å². The summed E-state index contributed by atoms with van der Waals surface area (Å²) in [7, 11) is 1.86. The van der Waals surface area contributed by atoms with Gasteiger partial charge in [-0.15, -0.1) is 12.4 Å². The minimum absolute atomic E-state index is 0. The number of benzene rings is 1. The molecule has 1 atom stereocenters. The predicted octanol–water partition coefficient (Wildman–Crippen LogP) is 2.23. The molecule has 0 aromatic heterocycles. The minimum atomic E-state index is -0.795. The number of aliphatic carboxylic acids is 1. The van der Waals surface area contributed by atoms with E-state index < -0.39 is 5.97 Å². The Morgan fingerprint density at radius 2 is 1.92 bits per heavy atom. The van der Waals surface area contributed by atoms with Gasteiger partial charge in [0.2, 0.25) is 5.91 Å². The molecule has 0 spiro atoms. The maximum Gasteiger partial charge on any atom is 0.317 e. The van der Waals surface area contributed by atoms with Crippen molar-refractivity contribution in [2.24, 2.45) is 0 Å². The third kappa shape index (κ3) is 7.42. The molecule has 2 N–H and O–H groups in total. The second-order valence-corrected chi connectivity index (χ2v) is 6.58. The third-order valence-electron chi connectivity index (χ3n) is 4.50.